The molecule has 1 unspecified atom stereocenters. The van der Waals surface area contributed by atoms with E-state index in [0.29, 0.717) is 0 Å². The van der Waals surface area contributed by atoms with Gasteiger partial charge in [-0.15, -0.1) is 0 Å². The first-order valence-electron chi connectivity index (χ1n) is 6.72. The van der Waals surface area contributed by atoms with E-state index >= 15 is 0 Å². The van der Waals surface area contributed by atoms with Gasteiger partial charge in [-0.3, -0.25) is 9.78 Å². The van der Waals surface area contributed by atoms with Crippen molar-refractivity contribution < 1.29 is 9.53 Å². The lowest BCUT2D eigenvalue weighted by atomic mass is 9.94. The first-order valence-corrected chi connectivity index (χ1v) is 6.72. The minimum atomic E-state index is -0.294. The molecule has 0 aromatic carbocycles. The highest BCUT2D eigenvalue weighted by molar-refractivity contribution is 5.67. The Kier molecular flexibility index (Phi) is 3.01. The molecule has 1 atom stereocenters. The number of carbonyl (C=O) groups excluding carboxylic acids is 1. The fourth-order valence-electron chi connectivity index (χ4n) is 3.15. The number of carbonyl (C=O) groups is 1. The molecule has 100 valence electrons. The second-order valence-electron chi connectivity index (χ2n) is 5.40. The van der Waals surface area contributed by atoms with Crippen LogP contribution in [-0.4, -0.2) is 34.5 Å². The van der Waals surface area contributed by atoms with Crippen molar-refractivity contribution in [3.05, 3.63) is 35.8 Å². The highest BCUT2D eigenvalue weighted by Crippen LogP contribution is 2.41. The molecule has 0 spiro atoms. The molecule has 4 nitrogen and oxygen atoms in total. The van der Waals surface area contributed by atoms with Crippen molar-refractivity contribution in [2.45, 2.75) is 31.8 Å². The maximum Gasteiger partial charge on any atom is 0.303 e. The molecular weight excluding hydrogens is 240 g/mol. The molecule has 3 heterocycles. The second kappa shape index (κ2) is 4.68. The molecule has 19 heavy (non-hydrogen) atoms. The van der Waals surface area contributed by atoms with Crippen molar-refractivity contribution in [3.8, 4) is 0 Å². The van der Waals surface area contributed by atoms with Gasteiger partial charge in [0.15, 0.2) is 0 Å². The van der Waals surface area contributed by atoms with Gasteiger partial charge in [-0.2, -0.15) is 0 Å². The summed E-state index contributed by atoms with van der Waals surface area (Å²) in [5, 5.41) is 0. The van der Waals surface area contributed by atoms with Gasteiger partial charge in [0.1, 0.15) is 5.60 Å². The third-order valence-electron chi connectivity index (χ3n) is 3.83. The van der Waals surface area contributed by atoms with Crippen LogP contribution >= 0.6 is 0 Å². The van der Waals surface area contributed by atoms with Crippen LogP contribution in [0, 0.1) is 0 Å². The summed E-state index contributed by atoms with van der Waals surface area (Å²) in [7, 11) is 0. The van der Waals surface area contributed by atoms with Gasteiger partial charge in [0.05, 0.1) is 6.54 Å². The summed E-state index contributed by atoms with van der Waals surface area (Å²) in [4.78, 5) is 17.8. The van der Waals surface area contributed by atoms with Crippen molar-refractivity contribution in [2.75, 3.05) is 13.1 Å². The van der Waals surface area contributed by atoms with Gasteiger partial charge in [-0.05, 0) is 30.5 Å². The minimum absolute atomic E-state index is 0.176. The monoisotopic (exact) mass is 258 g/mol. The van der Waals surface area contributed by atoms with Gasteiger partial charge in [0.2, 0.25) is 0 Å². The smallest absolute Gasteiger partial charge is 0.303 e. The lowest BCUT2D eigenvalue weighted by molar-refractivity contribution is -0.157. The van der Waals surface area contributed by atoms with Gasteiger partial charge >= 0.3 is 5.97 Å². The zero-order valence-corrected chi connectivity index (χ0v) is 11.1. The topological polar surface area (TPSA) is 42.4 Å². The largest absolute Gasteiger partial charge is 0.457 e. The Labute approximate surface area is 113 Å². The Morgan fingerprint density at radius 3 is 3.21 bits per heavy atom. The number of hydrogen-bond acceptors (Lipinski definition) is 4. The van der Waals surface area contributed by atoms with Crippen LogP contribution < -0.4 is 0 Å². The SMILES string of the molecule is CC(=O)OC12CCCN(C1)/C(=C/c1cccnc1)C2. The number of hydrogen-bond donors (Lipinski definition) is 0. The van der Waals surface area contributed by atoms with Crippen LogP contribution in [0.25, 0.3) is 6.08 Å². The molecule has 1 aromatic rings. The van der Waals surface area contributed by atoms with Crippen LogP contribution in [0.4, 0.5) is 0 Å². The van der Waals surface area contributed by atoms with E-state index in [9.17, 15) is 4.79 Å². The average molecular weight is 258 g/mol. The van der Waals surface area contributed by atoms with Crippen LogP contribution in [0.15, 0.2) is 30.2 Å². The normalized spacial score (nSPS) is 27.6. The van der Waals surface area contributed by atoms with E-state index in [1.54, 1.807) is 6.20 Å². The van der Waals surface area contributed by atoms with E-state index in [1.807, 2.05) is 18.3 Å². The van der Waals surface area contributed by atoms with Gasteiger partial charge in [0, 0.05) is 38.0 Å². The number of aromatic nitrogens is 1. The molecule has 2 aliphatic heterocycles. The van der Waals surface area contributed by atoms with Crippen molar-refractivity contribution in [1.29, 1.82) is 0 Å². The third-order valence-corrected chi connectivity index (χ3v) is 3.83. The standard InChI is InChI=1S/C15H18N2O2/c1-12(18)19-15-5-3-7-17(11-15)14(9-15)8-13-4-2-6-16-10-13/h2,4,6,8,10H,3,5,7,9,11H2,1H3/b14-8+. The first-order chi connectivity index (χ1) is 9.17. The number of ether oxygens (including phenoxy) is 1. The fourth-order valence-corrected chi connectivity index (χ4v) is 3.15. The predicted octanol–water partition coefficient (Wildman–Crippen LogP) is 2.22. The van der Waals surface area contributed by atoms with E-state index < -0.39 is 0 Å². The van der Waals surface area contributed by atoms with Crippen LogP contribution in [0.3, 0.4) is 0 Å². The second-order valence-corrected chi connectivity index (χ2v) is 5.40. The summed E-state index contributed by atoms with van der Waals surface area (Å²) in [5.41, 5.74) is 2.06. The Bertz CT molecular complexity index is 512. The Morgan fingerprint density at radius 1 is 1.58 bits per heavy atom. The van der Waals surface area contributed by atoms with E-state index in [1.165, 1.54) is 12.6 Å². The highest BCUT2D eigenvalue weighted by Gasteiger charge is 2.45. The van der Waals surface area contributed by atoms with E-state index in [2.05, 4.69) is 16.0 Å². The Balaban J connectivity index is 1.85. The summed E-state index contributed by atoms with van der Waals surface area (Å²) in [6, 6.07) is 3.98. The van der Waals surface area contributed by atoms with Gasteiger partial charge in [0.25, 0.3) is 0 Å². The number of esters is 1. The molecule has 3 rings (SSSR count). The quantitative estimate of drug-likeness (QED) is 0.763. The third kappa shape index (κ3) is 2.48. The maximum atomic E-state index is 11.3. The number of pyridine rings is 1. The number of nitrogens with zero attached hydrogens (tertiary/aromatic N) is 2. The Hall–Kier alpha value is -1.84. The van der Waals surface area contributed by atoms with Crippen molar-refractivity contribution in [3.63, 3.8) is 0 Å². The van der Waals surface area contributed by atoms with E-state index in [-0.39, 0.29) is 11.6 Å². The van der Waals surface area contributed by atoms with Crippen LogP contribution in [0.1, 0.15) is 31.7 Å². The number of fused-ring (bicyclic) bond motifs is 2. The zero-order chi connectivity index (χ0) is 13.3. The lowest BCUT2D eigenvalue weighted by Gasteiger charge is -2.33. The molecule has 0 amide bonds. The molecule has 0 saturated carbocycles. The molecular formula is C15H18N2O2. The summed E-state index contributed by atoms with van der Waals surface area (Å²) in [6.07, 6.45) is 8.65. The Morgan fingerprint density at radius 2 is 2.47 bits per heavy atom. The molecule has 2 saturated heterocycles. The summed E-state index contributed by atoms with van der Waals surface area (Å²) in [6.45, 7) is 3.38. The van der Waals surface area contributed by atoms with E-state index in [4.69, 9.17) is 4.74 Å². The molecule has 0 N–H and O–H groups in total. The summed E-state index contributed by atoms with van der Waals surface area (Å²) >= 11 is 0. The highest BCUT2D eigenvalue weighted by atomic mass is 16.6. The van der Waals surface area contributed by atoms with E-state index in [0.717, 1.165) is 37.9 Å². The zero-order valence-electron chi connectivity index (χ0n) is 11.1. The molecule has 0 aliphatic carbocycles. The molecule has 1 aromatic heterocycles. The fraction of sp³-hybridized carbons (Fsp3) is 0.467. The molecule has 4 heteroatoms. The van der Waals surface area contributed by atoms with Crippen molar-refractivity contribution in [2.24, 2.45) is 0 Å². The average Bonchev–Trinajstić information content (AvgIpc) is 2.60. The maximum absolute atomic E-state index is 11.3. The molecule has 0 radical (unpaired) electrons. The molecule has 2 bridgehead atoms. The summed E-state index contributed by atoms with van der Waals surface area (Å²) < 4.78 is 5.60. The van der Waals surface area contributed by atoms with Crippen LogP contribution in [-0.2, 0) is 9.53 Å². The van der Waals surface area contributed by atoms with Crippen LogP contribution in [0.5, 0.6) is 0 Å². The number of rotatable bonds is 2. The van der Waals surface area contributed by atoms with Crippen molar-refractivity contribution >= 4 is 12.0 Å². The first kappa shape index (κ1) is 12.2. The summed E-state index contributed by atoms with van der Waals surface area (Å²) in [5.74, 6) is -0.176. The van der Waals surface area contributed by atoms with Crippen LogP contribution in [0.2, 0.25) is 0 Å². The lowest BCUT2D eigenvalue weighted by Crippen LogP contribution is -2.42. The number of piperidine rings is 1. The molecule has 2 aliphatic rings. The van der Waals surface area contributed by atoms with Crippen molar-refractivity contribution in [1.82, 2.24) is 9.88 Å². The van der Waals surface area contributed by atoms with Gasteiger partial charge < -0.3 is 9.64 Å². The van der Waals surface area contributed by atoms with Gasteiger partial charge in [-0.1, -0.05) is 6.07 Å². The minimum Gasteiger partial charge on any atom is -0.457 e. The molecule has 2 fully saturated rings. The predicted molar refractivity (Wildman–Crippen MR) is 72.1 cm³/mol. The van der Waals surface area contributed by atoms with Gasteiger partial charge in [-0.25, -0.2) is 0 Å².